The fourth-order valence-electron chi connectivity index (χ4n) is 1.36. The van der Waals surface area contributed by atoms with Gasteiger partial charge in [-0.1, -0.05) is 0 Å². The summed E-state index contributed by atoms with van der Waals surface area (Å²) in [5.41, 5.74) is 0.882. The van der Waals surface area contributed by atoms with Crippen LogP contribution >= 0.6 is 0 Å². The normalized spacial score (nSPS) is 12.0. The van der Waals surface area contributed by atoms with E-state index in [1.807, 2.05) is 0 Å². The van der Waals surface area contributed by atoms with Gasteiger partial charge in [0.15, 0.2) is 0 Å². The minimum absolute atomic E-state index is 0.360. The van der Waals surface area contributed by atoms with Crippen LogP contribution in [0.2, 0.25) is 0 Å². The van der Waals surface area contributed by atoms with Crippen LogP contribution in [0.3, 0.4) is 0 Å². The monoisotopic (exact) mass is 239 g/mol. The maximum absolute atomic E-state index is 13.1. The Labute approximate surface area is 98.7 Å². The molecule has 1 rings (SSSR count). The molecule has 0 bridgehead atoms. The number of aliphatic carboxylic acids is 1. The smallest absolute Gasteiger partial charge is 0.315 e. The molecule has 0 aliphatic carbocycles. The number of carbonyl (C=O) groups is 2. The lowest BCUT2D eigenvalue weighted by Gasteiger charge is -2.20. The Morgan fingerprint density at radius 1 is 1.41 bits per heavy atom. The lowest BCUT2D eigenvalue weighted by molar-refractivity contribution is -0.145. The van der Waals surface area contributed by atoms with Crippen molar-refractivity contribution in [2.24, 2.45) is 5.92 Å². The number of hydrogen-bond acceptors (Lipinski definition) is 2. The Kier molecular flexibility index (Phi) is 3.83. The highest BCUT2D eigenvalue weighted by Gasteiger charge is 2.24. The third kappa shape index (κ3) is 2.81. The van der Waals surface area contributed by atoms with Gasteiger partial charge in [-0.15, -0.1) is 0 Å². The van der Waals surface area contributed by atoms with Crippen molar-refractivity contribution in [2.45, 2.75) is 13.8 Å². The molecule has 0 aromatic heterocycles. The molecule has 0 aliphatic heterocycles. The van der Waals surface area contributed by atoms with Crippen molar-refractivity contribution >= 4 is 17.6 Å². The summed E-state index contributed by atoms with van der Waals surface area (Å²) >= 11 is 0. The number of halogens is 1. The first-order chi connectivity index (χ1) is 7.84. The van der Waals surface area contributed by atoms with E-state index in [4.69, 9.17) is 5.11 Å². The SMILES string of the molecule is Cc1cc(N(C)C(=O)C(C)C(=O)O)ccc1F. The van der Waals surface area contributed by atoms with Gasteiger partial charge in [0.25, 0.3) is 0 Å². The average Bonchev–Trinajstić information content (AvgIpc) is 2.29. The third-order valence-corrected chi connectivity index (χ3v) is 2.60. The average molecular weight is 239 g/mol. The standard InChI is InChI=1S/C12H14FNO3/c1-7-6-9(4-5-10(7)13)14(3)11(15)8(2)12(16)17/h4-6,8H,1-3H3,(H,16,17). The number of hydrogen-bond donors (Lipinski definition) is 1. The second-order valence-electron chi connectivity index (χ2n) is 3.89. The summed E-state index contributed by atoms with van der Waals surface area (Å²) in [5.74, 6) is -3.20. The molecule has 4 nitrogen and oxygen atoms in total. The molecule has 0 saturated carbocycles. The van der Waals surface area contributed by atoms with Crippen LogP contribution < -0.4 is 4.90 Å². The Morgan fingerprint density at radius 3 is 2.47 bits per heavy atom. The fraction of sp³-hybridized carbons (Fsp3) is 0.333. The quantitative estimate of drug-likeness (QED) is 0.818. The van der Waals surface area contributed by atoms with Gasteiger partial charge in [0, 0.05) is 12.7 Å². The Bertz CT molecular complexity index is 459. The summed E-state index contributed by atoms with van der Waals surface area (Å²) in [7, 11) is 1.47. The van der Waals surface area contributed by atoms with E-state index >= 15 is 0 Å². The van der Waals surface area contributed by atoms with Crippen LogP contribution in [-0.2, 0) is 9.59 Å². The molecule has 1 aromatic rings. The van der Waals surface area contributed by atoms with Crippen molar-refractivity contribution in [1.29, 1.82) is 0 Å². The molecule has 0 radical (unpaired) electrons. The van der Waals surface area contributed by atoms with Gasteiger partial charge in [-0.3, -0.25) is 9.59 Å². The van der Waals surface area contributed by atoms with Gasteiger partial charge in [-0.05, 0) is 37.6 Å². The minimum Gasteiger partial charge on any atom is -0.481 e. The molecule has 1 atom stereocenters. The molecular weight excluding hydrogens is 225 g/mol. The van der Waals surface area contributed by atoms with E-state index < -0.39 is 17.8 Å². The molecular formula is C12H14FNO3. The first-order valence-corrected chi connectivity index (χ1v) is 5.11. The largest absolute Gasteiger partial charge is 0.481 e. The number of benzene rings is 1. The second-order valence-corrected chi connectivity index (χ2v) is 3.89. The predicted molar refractivity (Wildman–Crippen MR) is 61.3 cm³/mol. The van der Waals surface area contributed by atoms with E-state index in [0.29, 0.717) is 11.3 Å². The molecule has 1 amide bonds. The maximum Gasteiger partial charge on any atom is 0.315 e. The second kappa shape index (κ2) is 4.95. The van der Waals surface area contributed by atoms with E-state index in [0.717, 1.165) is 0 Å². The van der Waals surface area contributed by atoms with Gasteiger partial charge in [0.2, 0.25) is 5.91 Å². The summed E-state index contributed by atoms with van der Waals surface area (Å²) in [4.78, 5) is 23.6. The van der Waals surface area contributed by atoms with Gasteiger partial charge in [-0.25, -0.2) is 4.39 Å². The van der Waals surface area contributed by atoms with Gasteiger partial charge in [-0.2, -0.15) is 0 Å². The van der Waals surface area contributed by atoms with Gasteiger partial charge in [0.05, 0.1) is 0 Å². The van der Waals surface area contributed by atoms with Gasteiger partial charge >= 0.3 is 5.97 Å². The molecule has 0 aliphatic rings. The molecule has 17 heavy (non-hydrogen) atoms. The highest BCUT2D eigenvalue weighted by atomic mass is 19.1. The van der Waals surface area contributed by atoms with Crippen LogP contribution in [0.15, 0.2) is 18.2 Å². The molecule has 5 heteroatoms. The number of carboxylic acids is 1. The number of carbonyl (C=O) groups excluding carboxylic acids is 1. The molecule has 1 unspecified atom stereocenters. The zero-order valence-corrected chi connectivity index (χ0v) is 9.90. The van der Waals surface area contributed by atoms with E-state index in [2.05, 4.69) is 0 Å². The van der Waals surface area contributed by atoms with Crippen molar-refractivity contribution in [3.05, 3.63) is 29.6 Å². The Balaban J connectivity index is 2.96. The Hall–Kier alpha value is -1.91. The first-order valence-electron chi connectivity index (χ1n) is 5.11. The highest BCUT2D eigenvalue weighted by molar-refractivity contribution is 6.05. The fourth-order valence-corrected chi connectivity index (χ4v) is 1.36. The van der Waals surface area contributed by atoms with Crippen LogP contribution in [0.4, 0.5) is 10.1 Å². The summed E-state index contributed by atoms with van der Waals surface area (Å²) in [6, 6.07) is 4.19. The van der Waals surface area contributed by atoms with E-state index in [-0.39, 0.29) is 5.82 Å². The van der Waals surface area contributed by atoms with Crippen LogP contribution in [-0.4, -0.2) is 24.0 Å². The molecule has 1 aromatic carbocycles. The van der Waals surface area contributed by atoms with Crippen LogP contribution in [0, 0.1) is 18.7 Å². The van der Waals surface area contributed by atoms with E-state index in [9.17, 15) is 14.0 Å². The summed E-state index contributed by atoms with van der Waals surface area (Å²) in [6.45, 7) is 2.90. The summed E-state index contributed by atoms with van der Waals surface area (Å²) < 4.78 is 13.1. The topological polar surface area (TPSA) is 57.6 Å². The molecule has 0 spiro atoms. The Morgan fingerprint density at radius 2 is 2.00 bits per heavy atom. The van der Waals surface area contributed by atoms with Crippen LogP contribution in [0.1, 0.15) is 12.5 Å². The van der Waals surface area contributed by atoms with Crippen LogP contribution in [0.25, 0.3) is 0 Å². The van der Waals surface area contributed by atoms with Crippen molar-refractivity contribution in [3.63, 3.8) is 0 Å². The predicted octanol–water partition coefficient (Wildman–Crippen LogP) is 1.82. The third-order valence-electron chi connectivity index (χ3n) is 2.60. The number of nitrogens with zero attached hydrogens (tertiary/aromatic N) is 1. The molecule has 0 fully saturated rings. The van der Waals surface area contributed by atoms with Crippen molar-refractivity contribution in [2.75, 3.05) is 11.9 Å². The number of aryl methyl sites for hydroxylation is 1. The van der Waals surface area contributed by atoms with Gasteiger partial charge < -0.3 is 10.0 Å². The van der Waals surface area contributed by atoms with E-state index in [1.54, 1.807) is 6.92 Å². The maximum atomic E-state index is 13.1. The zero-order valence-electron chi connectivity index (χ0n) is 9.90. The van der Waals surface area contributed by atoms with E-state index in [1.165, 1.54) is 37.1 Å². The molecule has 0 heterocycles. The zero-order chi connectivity index (χ0) is 13.2. The number of anilines is 1. The van der Waals surface area contributed by atoms with Crippen molar-refractivity contribution in [1.82, 2.24) is 0 Å². The number of rotatable bonds is 3. The van der Waals surface area contributed by atoms with Crippen molar-refractivity contribution in [3.8, 4) is 0 Å². The van der Waals surface area contributed by atoms with Gasteiger partial charge in [0.1, 0.15) is 11.7 Å². The molecule has 92 valence electrons. The highest BCUT2D eigenvalue weighted by Crippen LogP contribution is 2.18. The van der Waals surface area contributed by atoms with Crippen molar-refractivity contribution < 1.29 is 19.1 Å². The minimum atomic E-state index is -1.18. The summed E-state index contributed by atoms with van der Waals surface area (Å²) in [5, 5.41) is 8.74. The number of carboxylic acid groups (broad SMARTS) is 1. The lowest BCUT2D eigenvalue weighted by Crippen LogP contribution is -2.35. The molecule has 1 N–H and O–H groups in total. The first kappa shape index (κ1) is 13.2. The van der Waals surface area contributed by atoms with Crippen LogP contribution in [0.5, 0.6) is 0 Å². The molecule has 0 saturated heterocycles. The summed E-state index contributed by atoms with van der Waals surface area (Å²) in [6.07, 6.45) is 0. The number of amides is 1. The lowest BCUT2D eigenvalue weighted by atomic mass is 10.1.